The minimum absolute atomic E-state index is 0.172. The van der Waals surface area contributed by atoms with Gasteiger partial charge in [0.2, 0.25) is 15.5 Å². The van der Waals surface area contributed by atoms with Crippen LogP contribution in [0.15, 0.2) is 28.2 Å². The highest BCUT2D eigenvalue weighted by atomic mass is 32.2. The topological polar surface area (TPSA) is 79.0 Å². The van der Waals surface area contributed by atoms with Crippen LogP contribution >= 0.6 is 0 Å². The molecule has 0 aliphatic carbocycles. The van der Waals surface area contributed by atoms with Gasteiger partial charge in [0.25, 0.3) is 0 Å². The molecule has 16 heavy (non-hydrogen) atoms. The molecule has 0 aliphatic rings. The maximum Gasteiger partial charge on any atom is 0.245 e. The molecule has 0 atom stereocenters. The zero-order chi connectivity index (χ0) is 12.4. The molecule has 0 aromatic carbocycles. The summed E-state index contributed by atoms with van der Waals surface area (Å²) in [5.74, 6) is 0. The van der Waals surface area contributed by atoms with Crippen molar-refractivity contribution in [2.24, 2.45) is 5.41 Å². The molecule has 0 spiro atoms. The molecule has 0 aliphatic heterocycles. The molecule has 0 radical (unpaired) electrons. The van der Waals surface area contributed by atoms with Crippen molar-refractivity contribution in [2.45, 2.75) is 25.7 Å². The largest absolute Gasteiger partial charge is 0.366 e. The maximum atomic E-state index is 11.8. The van der Waals surface area contributed by atoms with Crippen LogP contribution in [0.25, 0.3) is 0 Å². The second kappa shape index (κ2) is 4.39. The molecule has 0 amide bonds. The molecule has 0 unspecified atom stereocenters. The van der Waals surface area contributed by atoms with Crippen molar-refractivity contribution >= 4 is 10.0 Å². The Morgan fingerprint density at radius 3 is 2.50 bits per heavy atom. The number of hydrogen-bond donors (Lipinski definition) is 2. The van der Waals surface area contributed by atoms with E-state index >= 15 is 0 Å². The average Bonchev–Trinajstić information content (AvgIpc) is 2.14. The number of H-pyrrole nitrogens is 1. The molecule has 0 saturated carbocycles. The van der Waals surface area contributed by atoms with Gasteiger partial charge < -0.3 is 4.98 Å². The van der Waals surface area contributed by atoms with E-state index in [0.29, 0.717) is 0 Å². The first-order chi connectivity index (χ1) is 7.22. The van der Waals surface area contributed by atoms with E-state index in [0.717, 1.165) is 0 Å². The number of nitrogens with one attached hydrogen (secondary N) is 2. The van der Waals surface area contributed by atoms with Crippen molar-refractivity contribution in [1.29, 1.82) is 0 Å². The fourth-order valence-electron chi connectivity index (χ4n) is 1.00. The summed E-state index contributed by atoms with van der Waals surface area (Å²) in [7, 11) is -3.72. The van der Waals surface area contributed by atoms with Crippen LogP contribution in [0.2, 0.25) is 0 Å². The Bertz CT molecular complexity index is 511. The van der Waals surface area contributed by atoms with E-state index in [-0.39, 0.29) is 16.9 Å². The predicted molar refractivity (Wildman–Crippen MR) is 61.7 cm³/mol. The van der Waals surface area contributed by atoms with Gasteiger partial charge in [0, 0.05) is 25.0 Å². The molecular formula is C10H16N2O3S. The van der Waals surface area contributed by atoms with E-state index in [4.69, 9.17) is 0 Å². The number of aromatic nitrogens is 1. The first-order valence-corrected chi connectivity index (χ1v) is 6.37. The van der Waals surface area contributed by atoms with Crippen molar-refractivity contribution in [3.8, 4) is 0 Å². The van der Waals surface area contributed by atoms with Crippen molar-refractivity contribution in [3.63, 3.8) is 0 Å². The highest BCUT2D eigenvalue weighted by molar-refractivity contribution is 7.89. The summed E-state index contributed by atoms with van der Waals surface area (Å²) < 4.78 is 25.9. The number of rotatable bonds is 3. The molecule has 1 aromatic heterocycles. The van der Waals surface area contributed by atoms with Gasteiger partial charge in [-0.05, 0) is 5.41 Å². The van der Waals surface area contributed by atoms with Gasteiger partial charge in [-0.2, -0.15) is 0 Å². The third-order valence-electron chi connectivity index (χ3n) is 1.87. The highest BCUT2D eigenvalue weighted by Gasteiger charge is 2.20. The quantitative estimate of drug-likeness (QED) is 0.821. The summed E-state index contributed by atoms with van der Waals surface area (Å²) >= 11 is 0. The lowest BCUT2D eigenvalue weighted by atomic mass is 9.98. The van der Waals surface area contributed by atoms with Gasteiger partial charge in [-0.1, -0.05) is 20.8 Å². The SMILES string of the molecule is CC(C)(C)CNS(=O)(=O)c1c[nH]ccc1=O. The molecule has 0 saturated heterocycles. The van der Waals surface area contributed by atoms with E-state index in [1.807, 2.05) is 20.8 Å². The zero-order valence-corrected chi connectivity index (χ0v) is 10.4. The van der Waals surface area contributed by atoms with Gasteiger partial charge in [-0.25, -0.2) is 13.1 Å². The zero-order valence-electron chi connectivity index (χ0n) is 9.57. The van der Waals surface area contributed by atoms with Gasteiger partial charge in [0.1, 0.15) is 4.90 Å². The Balaban J connectivity index is 2.96. The lowest BCUT2D eigenvalue weighted by Gasteiger charge is -2.18. The molecule has 2 N–H and O–H groups in total. The van der Waals surface area contributed by atoms with Crippen LogP contribution in [-0.2, 0) is 10.0 Å². The average molecular weight is 244 g/mol. The summed E-state index contributed by atoms with van der Waals surface area (Å²) in [6, 6.07) is 1.19. The van der Waals surface area contributed by atoms with Crippen LogP contribution in [0, 0.1) is 5.41 Å². The van der Waals surface area contributed by atoms with Crippen LogP contribution in [0.4, 0.5) is 0 Å². The van der Waals surface area contributed by atoms with Gasteiger partial charge in [-0.15, -0.1) is 0 Å². The third kappa shape index (κ3) is 3.46. The van der Waals surface area contributed by atoms with E-state index in [1.165, 1.54) is 18.5 Å². The number of pyridine rings is 1. The summed E-state index contributed by atoms with van der Waals surface area (Å²) in [4.78, 5) is 13.7. The van der Waals surface area contributed by atoms with Gasteiger partial charge >= 0.3 is 0 Å². The number of hydrogen-bond acceptors (Lipinski definition) is 3. The minimum atomic E-state index is -3.72. The summed E-state index contributed by atoms with van der Waals surface area (Å²) in [6.07, 6.45) is 2.58. The minimum Gasteiger partial charge on any atom is -0.366 e. The first-order valence-electron chi connectivity index (χ1n) is 4.89. The molecule has 90 valence electrons. The highest BCUT2D eigenvalue weighted by Crippen LogP contribution is 2.12. The maximum absolute atomic E-state index is 11.8. The molecule has 0 fully saturated rings. The molecule has 0 bridgehead atoms. The molecular weight excluding hydrogens is 228 g/mol. The normalized spacial score (nSPS) is 12.7. The Morgan fingerprint density at radius 1 is 1.38 bits per heavy atom. The lowest BCUT2D eigenvalue weighted by Crippen LogP contribution is -2.34. The van der Waals surface area contributed by atoms with Gasteiger partial charge in [0.05, 0.1) is 0 Å². The Hall–Kier alpha value is -1.14. The predicted octanol–water partition coefficient (Wildman–Crippen LogP) is 0.699. The second-order valence-electron chi connectivity index (χ2n) is 4.76. The number of sulfonamides is 1. The standard InChI is InChI=1S/C10H16N2O3S/c1-10(2,3)7-12-16(14,15)9-6-11-5-4-8(9)13/h4-6,12H,7H2,1-3H3,(H,11,13). The summed E-state index contributed by atoms with van der Waals surface area (Å²) in [5, 5.41) is 0. The molecule has 1 rings (SSSR count). The smallest absolute Gasteiger partial charge is 0.245 e. The van der Waals surface area contributed by atoms with Crippen molar-refractivity contribution in [3.05, 3.63) is 28.7 Å². The molecule has 1 aromatic rings. The monoisotopic (exact) mass is 244 g/mol. The van der Waals surface area contributed by atoms with Crippen molar-refractivity contribution in [2.75, 3.05) is 6.54 Å². The molecule has 5 nitrogen and oxygen atoms in total. The van der Waals surface area contributed by atoms with Crippen LogP contribution in [0.5, 0.6) is 0 Å². The second-order valence-corrected chi connectivity index (χ2v) is 6.49. The van der Waals surface area contributed by atoms with Crippen LogP contribution in [-0.4, -0.2) is 19.9 Å². The summed E-state index contributed by atoms with van der Waals surface area (Å²) in [6.45, 7) is 6.00. The Kier molecular flexibility index (Phi) is 3.54. The van der Waals surface area contributed by atoms with E-state index < -0.39 is 15.5 Å². The van der Waals surface area contributed by atoms with Crippen LogP contribution in [0.3, 0.4) is 0 Å². The first kappa shape index (κ1) is 12.9. The van der Waals surface area contributed by atoms with Gasteiger partial charge in [-0.3, -0.25) is 4.79 Å². The van der Waals surface area contributed by atoms with E-state index in [1.54, 1.807) is 0 Å². The fraction of sp³-hybridized carbons (Fsp3) is 0.500. The Labute approximate surface area is 94.9 Å². The van der Waals surface area contributed by atoms with E-state index in [2.05, 4.69) is 9.71 Å². The lowest BCUT2D eigenvalue weighted by molar-refractivity contribution is 0.407. The molecule has 6 heteroatoms. The fourth-order valence-corrected chi connectivity index (χ4v) is 2.33. The van der Waals surface area contributed by atoms with Crippen LogP contribution < -0.4 is 10.2 Å². The summed E-state index contributed by atoms with van der Waals surface area (Å²) in [5.41, 5.74) is -0.686. The number of aromatic amines is 1. The van der Waals surface area contributed by atoms with E-state index in [9.17, 15) is 13.2 Å². The van der Waals surface area contributed by atoms with Crippen molar-refractivity contribution < 1.29 is 8.42 Å². The third-order valence-corrected chi connectivity index (χ3v) is 3.29. The molecule has 1 heterocycles. The Morgan fingerprint density at radius 2 is 2.00 bits per heavy atom. The van der Waals surface area contributed by atoms with Crippen molar-refractivity contribution in [1.82, 2.24) is 9.71 Å². The van der Waals surface area contributed by atoms with Crippen LogP contribution in [0.1, 0.15) is 20.8 Å². The van der Waals surface area contributed by atoms with Gasteiger partial charge in [0.15, 0.2) is 0 Å².